The molecule has 1 amide bonds. The van der Waals surface area contributed by atoms with Crippen molar-refractivity contribution >= 4 is 38.9 Å². The Bertz CT molecular complexity index is 1330. The number of hydrogen-bond acceptors (Lipinski definition) is 7. The third-order valence-electron chi connectivity index (χ3n) is 5.16. The van der Waals surface area contributed by atoms with Crippen molar-refractivity contribution in [1.29, 1.82) is 0 Å². The molecule has 0 unspecified atom stereocenters. The molecule has 3 aromatic rings. The number of nitrogens with zero attached hydrogens (tertiary/aromatic N) is 1. The van der Waals surface area contributed by atoms with Gasteiger partial charge in [0.1, 0.15) is 12.3 Å². The Labute approximate surface area is 215 Å². The summed E-state index contributed by atoms with van der Waals surface area (Å²) in [6.07, 6.45) is 0. The third-order valence-corrected chi connectivity index (χ3v) is 7.15. The fourth-order valence-corrected chi connectivity index (χ4v) is 5.10. The maximum absolute atomic E-state index is 13.8. The number of rotatable bonds is 11. The number of sulfonamides is 1. The van der Waals surface area contributed by atoms with Crippen LogP contribution < -0.4 is 23.8 Å². The first kappa shape index (κ1) is 27.1. The van der Waals surface area contributed by atoms with Gasteiger partial charge in [-0.1, -0.05) is 23.7 Å². The Balaban J connectivity index is 2.04. The lowest BCUT2D eigenvalue weighted by atomic mass is 10.2. The molecule has 0 heterocycles. The zero-order valence-electron chi connectivity index (χ0n) is 20.3. The standard InChI is InChI=1S/C25H27ClN2O7S/c1-32-16-17-6-5-7-19(12-17)27-25(29)15-28(21-13-18(26)8-10-22(21)33-2)36(30,31)20-9-11-23(34-3)24(14-20)35-4/h5-14H,15-16H2,1-4H3,(H,27,29). The normalized spacial score (nSPS) is 11.0. The molecular formula is C25H27ClN2O7S. The summed E-state index contributed by atoms with van der Waals surface area (Å²) >= 11 is 6.19. The van der Waals surface area contributed by atoms with Gasteiger partial charge in [0.2, 0.25) is 5.91 Å². The summed E-state index contributed by atoms with van der Waals surface area (Å²) in [6.45, 7) is -0.189. The highest BCUT2D eigenvalue weighted by atomic mass is 35.5. The number of anilines is 2. The molecule has 0 aliphatic heterocycles. The van der Waals surface area contributed by atoms with E-state index in [-0.39, 0.29) is 27.1 Å². The van der Waals surface area contributed by atoms with E-state index < -0.39 is 22.5 Å². The van der Waals surface area contributed by atoms with Crippen LogP contribution in [0, 0.1) is 0 Å². The van der Waals surface area contributed by atoms with Gasteiger partial charge in [0.15, 0.2) is 11.5 Å². The van der Waals surface area contributed by atoms with Crippen LogP contribution in [0.1, 0.15) is 5.56 Å². The molecule has 3 aromatic carbocycles. The fraction of sp³-hybridized carbons (Fsp3) is 0.240. The second-order valence-electron chi connectivity index (χ2n) is 7.53. The van der Waals surface area contributed by atoms with Gasteiger partial charge >= 0.3 is 0 Å². The average molecular weight is 535 g/mol. The SMILES string of the molecule is COCc1cccc(NC(=O)CN(c2cc(Cl)ccc2OC)S(=O)(=O)c2ccc(OC)c(OC)c2)c1. The third kappa shape index (κ3) is 6.20. The van der Waals surface area contributed by atoms with Crippen molar-refractivity contribution in [2.45, 2.75) is 11.5 Å². The minimum Gasteiger partial charge on any atom is -0.495 e. The minimum atomic E-state index is -4.29. The molecule has 0 radical (unpaired) electrons. The summed E-state index contributed by atoms with van der Waals surface area (Å²) in [4.78, 5) is 13.0. The summed E-state index contributed by atoms with van der Waals surface area (Å²) < 4.78 is 49.6. The first-order valence-corrected chi connectivity index (χ1v) is 12.5. The van der Waals surface area contributed by atoms with Gasteiger partial charge < -0.3 is 24.3 Å². The number of benzene rings is 3. The molecule has 0 spiro atoms. The zero-order chi connectivity index (χ0) is 26.3. The van der Waals surface area contributed by atoms with Crippen LogP contribution in [-0.2, 0) is 26.2 Å². The number of methoxy groups -OCH3 is 4. The number of halogens is 1. The molecule has 192 valence electrons. The van der Waals surface area contributed by atoms with Gasteiger partial charge in [-0.25, -0.2) is 8.42 Å². The summed E-state index contributed by atoms with van der Waals surface area (Å²) in [5.74, 6) is 0.224. The quantitative estimate of drug-likeness (QED) is 0.390. The molecule has 9 nitrogen and oxygen atoms in total. The van der Waals surface area contributed by atoms with Crippen LogP contribution in [0.2, 0.25) is 5.02 Å². The Kier molecular flexibility index (Phi) is 9.03. The molecule has 11 heteroatoms. The second-order valence-corrected chi connectivity index (χ2v) is 9.82. The summed E-state index contributed by atoms with van der Waals surface area (Å²) in [5.41, 5.74) is 1.45. The van der Waals surface area contributed by atoms with Gasteiger partial charge in [0.25, 0.3) is 10.0 Å². The highest BCUT2D eigenvalue weighted by Crippen LogP contribution is 2.37. The van der Waals surface area contributed by atoms with Gasteiger partial charge in [-0.15, -0.1) is 0 Å². The Morgan fingerprint density at radius 1 is 0.889 bits per heavy atom. The van der Waals surface area contributed by atoms with Crippen molar-refractivity contribution in [1.82, 2.24) is 0 Å². The van der Waals surface area contributed by atoms with E-state index in [2.05, 4.69) is 5.32 Å². The van der Waals surface area contributed by atoms with Crippen molar-refractivity contribution in [3.63, 3.8) is 0 Å². The van der Waals surface area contributed by atoms with E-state index in [1.807, 2.05) is 6.07 Å². The fourth-order valence-electron chi connectivity index (χ4n) is 3.50. The lowest BCUT2D eigenvalue weighted by molar-refractivity contribution is -0.114. The van der Waals surface area contributed by atoms with E-state index in [9.17, 15) is 13.2 Å². The molecule has 0 saturated heterocycles. The highest BCUT2D eigenvalue weighted by molar-refractivity contribution is 7.92. The van der Waals surface area contributed by atoms with Crippen LogP contribution in [0.3, 0.4) is 0 Å². The molecule has 3 rings (SSSR count). The summed E-state index contributed by atoms with van der Waals surface area (Å²) in [5, 5.41) is 3.01. The van der Waals surface area contributed by atoms with Crippen LogP contribution >= 0.6 is 11.6 Å². The number of carbonyl (C=O) groups excluding carboxylic acids is 1. The molecule has 1 N–H and O–H groups in total. The minimum absolute atomic E-state index is 0.100. The molecule has 0 bridgehead atoms. The summed E-state index contributed by atoms with van der Waals surface area (Å²) in [7, 11) is 1.53. The Morgan fingerprint density at radius 3 is 2.25 bits per heavy atom. The Hall–Kier alpha value is -3.47. The predicted octanol–water partition coefficient (Wildman–Crippen LogP) is 4.35. The van der Waals surface area contributed by atoms with E-state index in [4.69, 9.17) is 30.5 Å². The molecule has 0 aromatic heterocycles. The Morgan fingerprint density at radius 2 is 1.58 bits per heavy atom. The van der Waals surface area contributed by atoms with Crippen molar-refractivity contribution in [2.75, 3.05) is 44.6 Å². The molecule has 0 aliphatic rings. The number of amides is 1. The van der Waals surface area contributed by atoms with Crippen molar-refractivity contribution < 1.29 is 32.2 Å². The van der Waals surface area contributed by atoms with Crippen LogP contribution in [0.4, 0.5) is 11.4 Å². The van der Waals surface area contributed by atoms with E-state index in [1.165, 1.54) is 51.7 Å². The molecule has 0 aliphatic carbocycles. The number of nitrogens with one attached hydrogen (secondary N) is 1. The molecule has 36 heavy (non-hydrogen) atoms. The van der Waals surface area contributed by atoms with Crippen molar-refractivity contribution in [3.8, 4) is 17.2 Å². The maximum Gasteiger partial charge on any atom is 0.265 e. The van der Waals surface area contributed by atoms with Gasteiger partial charge in [0.05, 0.1) is 38.5 Å². The maximum atomic E-state index is 13.8. The molecule has 0 saturated carbocycles. The molecular weight excluding hydrogens is 508 g/mol. The van der Waals surface area contributed by atoms with E-state index in [0.717, 1.165) is 9.87 Å². The smallest absolute Gasteiger partial charge is 0.265 e. The zero-order valence-corrected chi connectivity index (χ0v) is 21.9. The largest absolute Gasteiger partial charge is 0.495 e. The van der Waals surface area contributed by atoms with Gasteiger partial charge in [0, 0.05) is 23.9 Å². The lowest BCUT2D eigenvalue weighted by Gasteiger charge is -2.26. The van der Waals surface area contributed by atoms with E-state index in [1.54, 1.807) is 31.4 Å². The van der Waals surface area contributed by atoms with Crippen LogP contribution in [0.15, 0.2) is 65.6 Å². The highest BCUT2D eigenvalue weighted by Gasteiger charge is 2.30. The first-order chi connectivity index (χ1) is 17.2. The number of ether oxygens (including phenoxy) is 4. The van der Waals surface area contributed by atoms with E-state index in [0.29, 0.717) is 18.0 Å². The van der Waals surface area contributed by atoms with Crippen LogP contribution in [0.5, 0.6) is 17.2 Å². The van der Waals surface area contributed by atoms with Gasteiger partial charge in [-0.3, -0.25) is 9.10 Å². The van der Waals surface area contributed by atoms with Crippen molar-refractivity contribution in [3.05, 3.63) is 71.2 Å². The lowest BCUT2D eigenvalue weighted by Crippen LogP contribution is -2.38. The topological polar surface area (TPSA) is 103 Å². The second kappa shape index (κ2) is 12.0. The first-order valence-electron chi connectivity index (χ1n) is 10.7. The average Bonchev–Trinajstić information content (AvgIpc) is 2.87. The number of carbonyl (C=O) groups is 1. The van der Waals surface area contributed by atoms with Crippen LogP contribution in [-0.4, -0.2) is 49.3 Å². The molecule has 0 atom stereocenters. The van der Waals surface area contributed by atoms with Crippen LogP contribution in [0.25, 0.3) is 0 Å². The number of hydrogen-bond donors (Lipinski definition) is 1. The van der Waals surface area contributed by atoms with Gasteiger partial charge in [-0.2, -0.15) is 0 Å². The summed E-state index contributed by atoms with van der Waals surface area (Å²) in [6, 6.07) is 15.7. The van der Waals surface area contributed by atoms with Gasteiger partial charge in [-0.05, 0) is 48.0 Å². The monoisotopic (exact) mass is 534 g/mol. The van der Waals surface area contributed by atoms with E-state index >= 15 is 0 Å². The van der Waals surface area contributed by atoms with Crippen molar-refractivity contribution in [2.24, 2.45) is 0 Å². The molecule has 0 fully saturated rings. The predicted molar refractivity (Wildman–Crippen MR) is 138 cm³/mol.